The average Bonchev–Trinajstić information content (AvgIpc) is 2.60. The van der Waals surface area contributed by atoms with E-state index in [4.69, 9.17) is 10.2 Å². The number of aliphatic hydroxyl groups excluding tert-OH is 1. The molecule has 9 nitrogen and oxygen atoms in total. The van der Waals surface area contributed by atoms with E-state index in [0.717, 1.165) is 0 Å². The molecule has 9 heteroatoms. The lowest BCUT2D eigenvalue weighted by molar-refractivity contribution is -0.142. The molecule has 4 amide bonds. The Morgan fingerprint density at radius 1 is 1.44 bits per heavy atom. The predicted molar refractivity (Wildman–Crippen MR) is 56.4 cm³/mol. The monoisotopic (exact) mass is 259 g/mol. The average molecular weight is 259 g/mol. The van der Waals surface area contributed by atoms with Gasteiger partial charge in [-0.1, -0.05) is 0 Å². The molecule has 0 unspecified atom stereocenters. The summed E-state index contributed by atoms with van der Waals surface area (Å²) in [6, 6.07) is -1.94. The van der Waals surface area contributed by atoms with E-state index in [-0.39, 0.29) is 13.0 Å². The number of aliphatic hydroxyl groups is 1. The van der Waals surface area contributed by atoms with Gasteiger partial charge in [0.25, 0.3) is 5.91 Å². The van der Waals surface area contributed by atoms with E-state index in [1.54, 1.807) is 0 Å². The van der Waals surface area contributed by atoms with Crippen molar-refractivity contribution in [2.24, 2.45) is 0 Å². The summed E-state index contributed by atoms with van der Waals surface area (Å²) >= 11 is 0. The number of rotatable bonds is 6. The van der Waals surface area contributed by atoms with E-state index in [1.807, 2.05) is 0 Å². The molecule has 1 saturated heterocycles. The van der Waals surface area contributed by atoms with Crippen LogP contribution in [-0.2, 0) is 14.4 Å². The number of nitrogens with one attached hydrogen (secondary N) is 2. The highest BCUT2D eigenvalue weighted by Crippen LogP contribution is 1.99. The van der Waals surface area contributed by atoms with Crippen LogP contribution >= 0.6 is 0 Å². The Balaban J connectivity index is 2.52. The first kappa shape index (κ1) is 13.9. The number of nitrogens with zero attached hydrogens (tertiary/aromatic N) is 1. The van der Waals surface area contributed by atoms with E-state index in [2.05, 4.69) is 10.6 Å². The molecule has 0 spiro atoms. The number of carbonyl (C=O) groups excluding carboxylic acids is 3. The first-order valence-corrected chi connectivity index (χ1v) is 5.17. The van der Waals surface area contributed by atoms with Crippen LogP contribution in [0.15, 0.2) is 0 Å². The van der Waals surface area contributed by atoms with Crippen LogP contribution in [0.1, 0.15) is 6.42 Å². The minimum Gasteiger partial charge on any atom is -0.480 e. The molecule has 0 bridgehead atoms. The van der Waals surface area contributed by atoms with Crippen LogP contribution in [0.4, 0.5) is 4.79 Å². The van der Waals surface area contributed by atoms with Gasteiger partial charge in [0.2, 0.25) is 5.91 Å². The standard InChI is InChI=1S/C9H13N3O6/c13-2-1-5(8(16)17)11-6(14)4-12-7(15)3-10-9(12)18/h5,13H,1-4H2,(H,10,18)(H,11,14)(H,16,17)/t5-/m1/s1. The van der Waals surface area contributed by atoms with Crippen LogP contribution in [0.5, 0.6) is 0 Å². The first-order chi connectivity index (χ1) is 8.45. The minimum atomic E-state index is -1.30. The summed E-state index contributed by atoms with van der Waals surface area (Å²) in [6.07, 6.45) is -0.152. The number of aliphatic carboxylic acids is 1. The van der Waals surface area contributed by atoms with Crippen LogP contribution in [0.3, 0.4) is 0 Å². The van der Waals surface area contributed by atoms with Gasteiger partial charge in [-0.25, -0.2) is 9.59 Å². The Hall–Kier alpha value is -2.16. The van der Waals surface area contributed by atoms with Crippen molar-refractivity contribution in [1.29, 1.82) is 0 Å². The number of carboxylic acid groups (broad SMARTS) is 1. The first-order valence-electron chi connectivity index (χ1n) is 5.17. The quantitative estimate of drug-likeness (QED) is 0.389. The van der Waals surface area contributed by atoms with Crippen LogP contribution < -0.4 is 10.6 Å². The van der Waals surface area contributed by atoms with Crippen molar-refractivity contribution < 1.29 is 29.4 Å². The number of hydrogen-bond acceptors (Lipinski definition) is 5. The lowest BCUT2D eigenvalue weighted by atomic mass is 10.2. The highest BCUT2D eigenvalue weighted by atomic mass is 16.4. The molecule has 0 aliphatic carbocycles. The number of carboxylic acids is 1. The van der Waals surface area contributed by atoms with Gasteiger partial charge in [-0.05, 0) is 0 Å². The lowest BCUT2D eigenvalue weighted by Gasteiger charge is -2.16. The van der Waals surface area contributed by atoms with Crippen molar-refractivity contribution in [3.63, 3.8) is 0 Å². The third-order valence-electron chi connectivity index (χ3n) is 2.29. The van der Waals surface area contributed by atoms with Crippen molar-refractivity contribution in [1.82, 2.24) is 15.5 Å². The van der Waals surface area contributed by atoms with Gasteiger partial charge in [-0.15, -0.1) is 0 Å². The van der Waals surface area contributed by atoms with Gasteiger partial charge in [-0.3, -0.25) is 14.5 Å². The molecule has 18 heavy (non-hydrogen) atoms. The number of hydrogen-bond donors (Lipinski definition) is 4. The molecular formula is C9H13N3O6. The summed E-state index contributed by atoms with van der Waals surface area (Å²) in [5.41, 5.74) is 0. The molecule has 1 atom stereocenters. The Kier molecular flexibility index (Phi) is 4.60. The normalized spacial score (nSPS) is 16.4. The zero-order chi connectivity index (χ0) is 13.7. The van der Waals surface area contributed by atoms with Crippen molar-refractivity contribution in [3.05, 3.63) is 0 Å². The summed E-state index contributed by atoms with van der Waals surface area (Å²) in [5.74, 6) is -2.62. The summed E-state index contributed by atoms with van der Waals surface area (Å²) in [4.78, 5) is 45.1. The van der Waals surface area contributed by atoms with Crippen LogP contribution in [0.25, 0.3) is 0 Å². The maximum atomic E-state index is 11.4. The molecule has 4 N–H and O–H groups in total. The minimum absolute atomic E-state index is 0.152. The molecule has 1 aliphatic rings. The van der Waals surface area contributed by atoms with Crippen molar-refractivity contribution >= 4 is 23.8 Å². The topological polar surface area (TPSA) is 136 Å². The van der Waals surface area contributed by atoms with Crippen molar-refractivity contribution in [2.75, 3.05) is 19.7 Å². The molecule has 0 aromatic rings. The third-order valence-corrected chi connectivity index (χ3v) is 2.29. The maximum absolute atomic E-state index is 11.4. The number of carbonyl (C=O) groups is 4. The van der Waals surface area contributed by atoms with Crippen LogP contribution in [0, 0.1) is 0 Å². The van der Waals surface area contributed by atoms with Gasteiger partial charge < -0.3 is 20.8 Å². The molecule has 1 heterocycles. The van der Waals surface area contributed by atoms with E-state index in [1.165, 1.54) is 0 Å². The highest BCUT2D eigenvalue weighted by molar-refractivity contribution is 6.04. The SMILES string of the molecule is O=C(CN1C(=O)CNC1=O)N[C@H](CCO)C(=O)O. The number of amides is 4. The highest BCUT2D eigenvalue weighted by Gasteiger charge is 2.31. The maximum Gasteiger partial charge on any atom is 0.326 e. The van der Waals surface area contributed by atoms with Gasteiger partial charge in [0, 0.05) is 13.0 Å². The second-order valence-corrected chi connectivity index (χ2v) is 3.61. The Morgan fingerprint density at radius 3 is 2.56 bits per heavy atom. The molecule has 1 rings (SSSR count). The summed E-state index contributed by atoms with van der Waals surface area (Å²) in [5, 5.41) is 21.7. The lowest BCUT2D eigenvalue weighted by Crippen LogP contribution is -2.47. The van der Waals surface area contributed by atoms with E-state index in [0.29, 0.717) is 4.90 Å². The Bertz CT molecular complexity index is 366. The fraction of sp³-hybridized carbons (Fsp3) is 0.556. The van der Waals surface area contributed by atoms with Gasteiger partial charge in [0.05, 0.1) is 6.54 Å². The van der Waals surface area contributed by atoms with Gasteiger partial charge in [0.1, 0.15) is 12.6 Å². The summed E-state index contributed by atoms with van der Waals surface area (Å²) in [6.45, 7) is -1.12. The molecule has 0 saturated carbocycles. The predicted octanol–water partition coefficient (Wildman–Crippen LogP) is -2.51. The second-order valence-electron chi connectivity index (χ2n) is 3.61. The molecule has 0 aromatic carbocycles. The van der Waals surface area contributed by atoms with E-state index >= 15 is 0 Å². The fourth-order valence-corrected chi connectivity index (χ4v) is 1.39. The molecule has 1 fully saturated rings. The molecular weight excluding hydrogens is 246 g/mol. The Morgan fingerprint density at radius 2 is 2.11 bits per heavy atom. The van der Waals surface area contributed by atoms with Gasteiger partial charge in [0.15, 0.2) is 0 Å². The number of imide groups is 1. The third kappa shape index (κ3) is 3.42. The fourth-order valence-electron chi connectivity index (χ4n) is 1.39. The van der Waals surface area contributed by atoms with Crippen molar-refractivity contribution in [3.8, 4) is 0 Å². The smallest absolute Gasteiger partial charge is 0.326 e. The van der Waals surface area contributed by atoms with E-state index < -0.39 is 43.0 Å². The molecule has 0 aromatic heterocycles. The molecule has 0 radical (unpaired) electrons. The zero-order valence-electron chi connectivity index (χ0n) is 9.38. The Labute approximate surface area is 102 Å². The van der Waals surface area contributed by atoms with Crippen molar-refractivity contribution in [2.45, 2.75) is 12.5 Å². The van der Waals surface area contributed by atoms with Crippen LogP contribution in [0.2, 0.25) is 0 Å². The summed E-state index contributed by atoms with van der Waals surface area (Å²) < 4.78 is 0. The largest absolute Gasteiger partial charge is 0.480 e. The molecule has 1 aliphatic heterocycles. The second kappa shape index (κ2) is 5.96. The van der Waals surface area contributed by atoms with Gasteiger partial charge >= 0.3 is 12.0 Å². The zero-order valence-corrected chi connectivity index (χ0v) is 9.38. The summed E-state index contributed by atoms with van der Waals surface area (Å²) in [7, 11) is 0. The van der Waals surface area contributed by atoms with E-state index in [9.17, 15) is 19.2 Å². The van der Waals surface area contributed by atoms with Crippen LogP contribution in [-0.4, -0.2) is 64.7 Å². The van der Waals surface area contributed by atoms with Gasteiger partial charge in [-0.2, -0.15) is 0 Å². The molecule has 100 valence electrons. The number of urea groups is 1.